The molecule has 0 aliphatic rings. The fourth-order valence-corrected chi connectivity index (χ4v) is 2.08. The van der Waals surface area contributed by atoms with Gasteiger partial charge in [0.05, 0.1) is 11.1 Å². The zero-order valence-corrected chi connectivity index (χ0v) is 10.7. The Labute approximate surface area is 121 Å². The Morgan fingerprint density at radius 1 is 0.636 bits per heavy atom. The van der Waals surface area contributed by atoms with Crippen LogP contribution in [-0.4, -0.2) is 9.97 Å². The number of rotatable bonds is 0. The Bertz CT molecular complexity index is 959. The molecule has 0 fully saturated rings. The van der Waals surface area contributed by atoms with E-state index in [1.54, 1.807) is 0 Å². The minimum Gasteiger partial charge on any atom is -0.240 e. The van der Waals surface area contributed by atoms with Gasteiger partial charge in [0.15, 0.2) is 23.3 Å². The highest BCUT2D eigenvalue weighted by atomic mass is 19.2. The van der Waals surface area contributed by atoms with Crippen molar-refractivity contribution in [3.63, 3.8) is 0 Å². The van der Waals surface area contributed by atoms with Crippen LogP contribution in [0.25, 0.3) is 22.1 Å². The van der Waals surface area contributed by atoms with Gasteiger partial charge in [-0.3, -0.25) is 0 Å². The van der Waals surface area contributed by atoms with E-state index in [4.69, 9.17) is 12.8 Å². The molecule has 0 spiro atoms. The molecular weight excluding hydrogens is 296 g/mol. The molecule has 22 heavy (non-hydrogen) atoms. The van der Waals surface area contributed by atoms with E-state index in [9.17, 15) is 17.6 Å². The molecule has 0 saturated heterocycles. The van der Waals surface area contributed by atoms with Crippen molar-refractivity contribution >= 4 is 22.1 Å². The molecule has 0 aliphatic heterocycles. The topological polar surface area (TPSA) is 25.8 Å². The predicted molar refractivity (Wildman–Crippen MR) is 72.7 cm³/mol. The maximum Gasteiger partial charge on any atom is 0.199 e. The second-order valence-electron chi connectivity index (χ2n) is 4.32. The molecule has 106 valence electrons. The van der Waals surface area contributed by atoms with Crippen LogP contribution >= 0.6 is 0 Å². The standard InChI is InChI=1S/C16H4F4N2/c1-3-7-5-6-8(4-2)14-13(7)21-15-11(19)9(17)10(18)12(20)16(15)22-14/h1-2,5-6H. The van der Waals surface area contributed by atoms with Crippen molar-refractivity contribution in [1.82, 2.24) is 9.97 Å². The van der Waals surface area contributed by atoms with Crippen LogP contribution in [0.1, 0.15) is 11.1 Å². The van der Waals surface area contributed by atoms with Crippen molar-refractivity contribution in [2.45, 2.75) is 0 Å². The first-order valence-electron chi connectivity index (χ1n) is 5.89. The van der Waals surface area contributed by atoms with Gasteiger partial charge in [-0.15, -0.1) is 12.8 Å². The second-order valence-corrected chi connectivity index (χ2v) is 4.32. The molecule has 1 heterocycles. The first kappa shape index (κ1) is 13.8. The minimum absolute atomic E-state index is 0.00904. The summed E-state index contributed by atoms with van der Waals surface area (Å²) in [6, 6.07) is 2.90. The molecule has 3 rings (SSSR count). The summed E-state index contributed by atoms with van der Waals surface area (Å²) in [5.41, 5.74) is -1.06. The molecule has 2 aromatic carbocycles. The van der Waals surface area contributed by atoms with E-state index in [0.29, 0.717) is 0 Å². The smallest absolute Gasteiger partial charge is 0.199 e. The van der Waals surface area contributed by atoms with Crippen LogP contribution in [0.15, 0.2) is 12.1 Å². The van der Waals surface area contributed by atoms with E-state index in [1.807, 2.05) is 0 Å². The molecule has 0 radical (unpaired) electrons. The third-order valence-electron chi connectivity index (χ3n) is 3.13. The highest BCUT2D eigenvalue weighted by molar-refractivity contribution is 5.93. The summed E-state index contributed by atoms with van der Waals surface area (Å²) in [5, 5.41) is 0. The van der Waals surface area contributed by atoms with Crippen LogP contribution in [0, 0.1) is 48.0 Å². The molecular formula is C16H4F4N2. The van der Waals surface area contributed by atoms with Crippen molar-refractivity contribution < 1.29 is 17.6 Å². The fourth-order valence-electron chi connectivity index (χ4n) is 2.08. The maximum absolute atomic E-state index is 13.8. The van der Waals surface area contributed by atoms with Gasteiger partial charge in [-0.05, 0) is 12.1 Å². The van der Waals surface area contributed by atoms with E-state index < -0.39 is 34.3 Å². The van der Waals surface area contributed by atoms with E-state index in [2.05, 4.69) is 21.8 Å². The monoisotopic (exact) mass is 300 g/mol. The second kappa shape index (κ2) is 4.71. The molecule has 0 unspecified atom stereocenters. The molecule has 3 aromatic rings. The van der Waals surface area contributed by atoms with E-state index in [1.165, 1.54) is 12.1 Å². The van der Waals surface area contributed by atoms with Crippen LogP contribution in [0.2, 0.25) is 0 Å². The molecule has 0 atom stereocenters. The van der Waals surface area contributed by atoms with Gasteiger partial charge < -0.3 is 0 Å². The van der Waals surface area contributed by atoms with Gasteiger partial charge in [0.25, 0.3) is 0 Å². The zero-order chi connectivity index (χ0) is 16.0. The van der Waals surface area contributed by atoms with Crippen molar-refractivity contribution in [2.75, 3.05) is 0 Å². The zero-order valence-electron chi connectivity index (χ0n) is 10.7. The predicted octanol–water partition coefficient (Wildman–Crippen LogP) is 3.30. The lowest BCUT2D eigenvalue weighted by molar-refractivity contribution is 0.416. The minimum atomic E-state index is -1.96. The molecule has 0 amide bonds. The number of nitrogens with zero attached hydrogens (tertiary/aromatic N) is 2. The summed E-state index contributed by atoms with van der Waals surface area (Å²) in [6.45, 7) is 0. The Hall–Kier alpha value is -3.12. The molecule has 0 aliphatic carbocycles. The average molecular weight is 300 g/mol. The fraction of sp³-hybridized carbons (Fsp3) is 0. The number of benzene rings is 2. The lowest BCUT2D eigenvalue weighted by atomic mass is 10.1. The summed E-state index contributed by atoms with van der Waals surface area (Å²) in [5.74, 6) is -2.63. The SMILES string of the molecule is C#Cc1ccc(C#C)c2nc3c(F)c(F)c(F)c(F)c3nc12. The largest absolute Gasteiger partial charge is 0.240 e. The number of hydrogen-bond acceptors (Lipinski definition) is 2. The van der Waals surface area contributed by atoms with Gasteiger partial charge in [0.1, 0.15) is 22.1 Å². The summed E-state index contributed by atoms with van der Waals surface area (Å²) >= 11 is 0. The van der Waals surface area contributed by atoms with Crippen LogP contribution in [0.3, 0.4) is 0 Å². The van der Waals surface area contributed by atoms with Crippen molar-refractivity contribution in [1.29, 1.82) is 0 Å². The van der Waals surface area contributed by atoms with Gasteiger partial charge in [-0.25, -0.2) is 27.5 Å². The van der Waals surface area contributed by atoms with Crippen molar-refractivity contribution in [3.05, 3.63) is 46.5 Å². The quantitative estimate of drug-likeness (QED) is 0.209. The third kappa shape index (κ3) is 1.71. The van der Waals surface area contributed by atoms with Crippen LogP contribution < -0.4 is 0 Å². The summed E-state index contributed by atoms with van der Waals surface area (Å²) in [7, 11) is 0. The summed E-state index contributed by atoms with van der Waals surface area (Å²) in [4.78, 5) is 7.59. The average Bonchev–Trinajstić information content (AvgIpc) is 2.55. The van der Waals surface area contributed by atoms with Gasteiger partial charge in [-0.2, -0.15) is 0 Å². The third-order valence-corrected chi connectivity index (χ3v) is 3.13. The Kier molecular flexibility index (Phi) is 2.97. The highest BCUT2D eigenvalue weighted by Gasteiger charge is 2.23. The van der Waals surface area contributed by atoms with Crippen LogP contribution in [-0.2, 0) is 0 Å². The molecule has 0 N–H and O–H groups in total. The summed E-state index contributed by atoms with van der Waals surface area (Å²) < 4.78 is 54.3. The number of hydrogen-bond donors (Lipinski definition) is 0. The van der Waals surface area contributed by atoms with E-state index >= 15 is 0 Å². The lowest BCUT2D eigenvalue weighted by Gasteiger charge is -2.07. The maximum atomic E-state index is 13.8. The van der Waals surface area contributed by atoms with E-state index in [-0.39, 0.29) is 22.2 Å². The van der Waals surface area contributed by atoms with Gasteiger partial charge >= 0.3 is 0 Å². The number of fused-ring (bicyclic) bond motifs is 2. The lowest BCUT2D eigenvalue weighted by Crippen LogP contribution is -2.03. The van der Waals surface area contributed by atoms with Crippen LogP contribution in [0.4, 0.5) is 17.6 Å². The Morgan fingerprint density at radius 3 is 1.32 bits per heavy atom. The van der Waals surface area contributed by atoms with Gasteiger partial charge in [-0.1, -0.05) is 11.8 Å². The normalized spacial score (nSPS) is 10.6. The molecule has 0 bridgehead atoms. The van der Waals surface area contributed by atoms with Gasteiger partial charge in [0, 0.05) is 0 Å². The number of terminal acetylenes is 2. The first-order chi connectivity index (χ1) is 10.5. The molecule has 6 heteroatoms. The van der Waals surface area contributed by atoms with E-state index in [0.717, 1.165) is 0 Å². The number of halogens is 4. The van der Waals surface area contributed by atoms with Gasteiger partial charge in [0.2, 0.25) is 0 Å². The molecule has 0 saturated carbocycles. The van der Waals surface area contributed by atoms with Crippen molar-refractivity contribution in [2.24, 2.45) is 0 Å². The molecule has 1 aromatic heterocycles. The summed E-state index contributed by atoms with van der Waals surface area (Å²) in [6.07, 6.45) is 10.6. The number of aromatic nitrogens is 2. The first-order valence-corrected chi connectivity index (χ1v) is 5.89. The Morgan fingerprint density at radius 2 is 1.00 bits per heavy atom. The van der Waals surface area contributed by atoms with Crippen molar-refractivity contribution in [3.8, 4) is 24.7 Å². The molecule has 2 nitrogen and oxygen atoms in total. The Balaban J connectivity index is 2.64. The van der Waals surface area contributed by atoms with Crippen LogP contribution in [0.5, 0.6) is 0 Å². The highest BCUT2D eigenvalue weighted by Crippen LogP contribution is 2.28.